The summed E-state index contributed by atoms with van der Waals surface area (Å²) < 4.78 is 56.1. The van der Waals surface area contributed by atoms with Gasteiger partial charge in [-0.05, 0) is 48.7 Å². The molecule has 0 aliphatic heterocycles. The minimum absolute atomic E-state index is 0.0205. The van der Waals surface area contributed by atoms with Crippen LogP contribution in [0, 0.1) is 5.82 Å². The Kier molecular flexibility index (Phi) is 8.60. The number of benzene rings is 2. The first-order chi connectivity index (χ1) is 16.2. The maximum Gasteiger partial charge on any atom is 0.416 e. The summed E-state index contributed by atoms with van der Waals surface area (Å²) in [5.41, 5.74) is 0.543. The smallest absolute Gasteiger partial charge is 0.352 e. The van der Waals surface area contributed by atoms with Gasteiger partial charge in [-0.25, -0.2) is 9.37 Å². The number of nitrogens with one attached hydrogen (secondary N) is 1. The lowest BCUT2D eigenvalue weighted by atomic mass is 10.1. The van der Waals surface area contributed by atoms with Gasteiger partial charge in [-0.1, -0.05) is 31.2 Å². The fraction of sp³-hybridized carbons (Fsp3) is 0.375. The molecule has 1 unspecified atom stereocenters. The molecule has 1 heterocycles. The van der Waals surface area contributed by atoms with Crippen LogP contribution in [-0.2, 0) is 23.9 Å². The number of aromatic nitrogens is 2. The standard InChI is InChI=1S/C24H26F4N4OS/c1-3-16(2)32(23-30-21(31-34-23)14-17-7-9-20(25)10-8-17)12-11-22(33)29-15-18-5-4-6-19(13-18)24(26,27)28/h4-10,13,16H,3,11-12,14-15H2,1-2H3,(H,29,33). The highest BCUT2D eigenvalue weighted by Gasteiger charge is 2.30. The molecule has 0 aliphatic rings. The molecular formula is C24H26F4N4OS. The van der Waals surface area contributed by atoms with E-state index in [-0.39, 0.29) is 30.7 Å². The summed E-state index contributed by atoms with van der Waals surface area (Å²) in [4.78, 5) is 19.0. The van der Waals surface area contributed by atoms with E-state index in [9.17, 15) is 22.4 Å². The van der Waals surface area contributed by atoms with Crippen LogP contribution >= 0.6 is 11.5 Å². The zero-order chi connectivity index (χ0) is 24.7. The number of rotatable bonds is 10. The van der Waals surface area contributed by atoms with Crippen LogP contribution in [0.5, 0.6) is 0 Å². The van der Waals surface area contributed by atoms with Crippen LogP contribution in [0.1, 0.15) is 49.2 Å². The second-order valence-electron chi connectivity index (χ2n) is 7.97. The van der Waals surface area contributed by atoms with E-state index in [4.69, 9.17) is 0 Å². The number of carbonyl (C=O) groups is 1. The quantitative estimate of drug-likeness (QED) is 0.373. The lowest BCUT2D eigenvalue weighted by Crippen LogP contribution is -2.36. The Bertz CT molecular complexity index is 1090. The molecular weight excluding hydrogens is 468 g/mol. The fourth-order valence-electron chi connectivity index (χ4n) is 3.31. The molecule has 0 spiro atoms. The Balaban J connectivity index is 1.58. The van der Waals surface area contributed by atoms with Crippen LogP contribution in [-0.4, -0.2) is 27.9 Å². The SMILES string of the molecule is CCC(C)N(CCC(=O)NCc1cccc(C(F)(F)F)c1)c1nc(Cc2ccc(F)cc2)ns1. The van der Waals surface area contributed by atoms with E-state index < -0.39 is 11.7 Å². The summed E-state index contributed by atoms with van der Waals surface area (Å²) in [6.45, 7) is 4.48. The molecule has 5 nitrogen and oxygen atoms in total. The van der Waals surface area contributed by atoms with Crippen LogP contribution in [0.15, 0.2) is 48.5 Å². The summed E-state index contributed by atoms with van der Waals surface area (Å²) in [7, 11) is 0. The highest BCUT2D eigenvalue weighted by molar-refractivity contribution is 7.09. The summed E-state index contributed by atoms with van der Waals surface area (Å²) in [5, 5.41) is 3.38. The molecule has 0 saturated heterocycles. The zero-order valence-electron chi connectivity index (χ0n) is 18.9. The van der Waals surface area contributed by atoms with Crippen molar-refractivity contribution >= 4 is 22.6 Å². The predicted molar refractivity (Wildman–Crippen MR) is 124 cm³/mol. The van der Waals surface area contributed by atoms with E-state index in [0.717, 1.165) is 24.1 Å². The molecule has 34 heavy (non-hydrogen) atoms. The molecule has 1 amide bonds. The summed E-state index contributed by atoms with van der Waals surface area (Å²) in [6.07, 6.45) is -2.95. The first-order valence-corrected chi connectivity index (χ1v) is 11.7. The second-order valence-corrected chi connectivity index (χ2v) is 8.70. The summed E-state index contributed by atoms with van der Waals surface area (Å²) in [6, 6.07) is 11.2. The average molecular weight is 495 g/mol. The van der Waals surface area contributed by atoms with Crippen LogP contribution < -0.4 is 10.2 Å². The molecule has 0 fully saturated rings. The third-order valence-corrected chi connectivity index (χ3v) is 6.22. The number of anilines is 1. The molecule has 10 heteroatoms. The van der Waals surface area contributed by atoms with Gasteiger partial charge in [0.1, 0.15) is 11.6 Å². The van der Waals surface area contributed by atoms with Crippen molar-refractivity contribution in [2.24, 2.45) is 0 Å². The van der Waals surface area contributed by atoms with Gasteiger partial charge in [-0.15, -0.1) is 0 Å². The van der Waals surface area contributed by atoms with Crippen molar-refractivity contribution in [3.8, 4) is 0 Å². The van der Waals surface area contributed by atoms with E-state index in [1.807, 2.05) is 18.7 Å². The maximum absolute atomic E-state index is 13.1. The Hall–Kier alpha value is -3.01. The van der Waals surface area contributed by atoms with Gasteiger partial charge in [-0.2, -0.15) is 17.5 Å². The first kappa shape index (κ1) is 25.6. The Morgan fingerprint density at radius 2 is 1.88 bits per heavy atom. The molecule has 3 aromatic rings. The van der Waals surface area contributed by atoms with Gasteiger partial charge in [0.05, 0.1) is 5.56 Å². The van der Waals surface area contributed by atoms with Gasteiger partial charge in [-0.3, -0.25) is 4.79 Å². The molecule has 1 N–H and O–H groups in total. The van der Waals surface area contributed by atoms with Crippen molar-refractivity contribution in [2.75, 3.05) is 11.4 Å². The number of amides is 1. The second kappa shape index (κ2) is 11.4. The van der Waals surface area contributed by atoms with Gasteiger partial charge in [0.15, 0.2) is 0 Å². The molecule has 2 aromatic carbocycles. The van der Waals surface area contributed by atoms with Crippen LogP contribution in [0.25, 0.3) is 0 Å². The summed E-state index contributed by atoms with van der Waals surface area (Å²) >= 11 is 1.24. The fourth-order valence-corrected chi connectivity index (χ4v) is 4.13. The maximum atomic E-state index is 13.1. The van der Waals surface area contributed by atoms with Gasteiger partial charge in [0.2, 0.25) is 11.0 Å². The Morgan fingerprint density at radius 3 is 2.56 bits per heavy atom. The van der Waals surface area contributed by atoms with Crippen molar-refractivity contribution in [3.05, 3.63) is 76.9 Å². The Labute approximate surface area is 200 Å². The van der Waals surface area contributed by atoms with Crippen molar-refractivity contribution in [1.82, 2.24) is 14.7 Å². The van der Waals surface area contributed by atoms with E-state index in [2.05, 4.69) is 14.7 Å². The molecule has 1 aromatic heterocycles. The lowest BCUT2D eigenvalue weighted by molar-refractivity contribution is -0.137. The van der Waals surface area contributed by atoms with Gasteiger partial charge in [0, 0.05) is 43.5 Å². The molecule has 0 radical (unpaired) electrons. The lowest BCUT2D eigenvalue weighted by Gasteiger charge is -2.27. The number of carbonyl (C=O) groups excluding carboxylic acids is 1. The van der Waals surface area contributed by atoms with Crippen LogP contribution in [0.4, 0.5) is 22.7 Å². The largest absolute Gasteiger partial charge is 0.416 e. The minimum Gasteiger partial charge on any atom is -0.352 e. The van der Waals surface area contributed by atoms with Crippen LogP contribution in [0.3, 0.4) is 0 Å². The molecule has 1 atom stereocenters. The zero-order valence-corrected chi connectivity index (χ0v) is 19.7. The number of hydrogen-bond donors (Lipinski definition) is 1. The normalized spacial score (nSPS) is 12.4. The van der Waals surface area contributed by atoms with Gasteiger partial charge in [0.25, 0.3) is 0 Å². The topological polar surface area (TPSA) is 58.1 Å². The molecule has 0 bridgehead atoms. The molecule has 0 aliphatic carbocycles. The molecule has 3 rings (SSSR count). The number of alkyl halides is 3. The van der Waals surface area contributed by atoms with E-state index in [1.165, 1.54) is 29.7 Å². The summed E-state index contributed by atoms with van der Waals surface area (Å²) in [5.74, 6) is 0.0561. The van der Waals surface area contributed by atoms with Crippen molar-refractivity contribution in [2.45, 2.75) is 51.9 Å². The predicted octanol–water partition coefficient (Wildman–Crippen LogP) is 5.60. The van der Waals surface area contributed by atoms with Gasteiger partial charge < -0.3 is 10.2 Å². The minimum atomic E-state index is -4.42. The highest BCUT2D eigenvalue weighted by atomic mass is 32.1. The third-order valence-electron chi connectivity index (χ3n) is 5.43. The number of hydrogen-bond acceptors (Lipinski definition) is 5. The van der Waals surface area contributed by atoms with Crippen molar-refractivity contribution in [1.29, 1.82) is 0 Å². The third kappa shape index (κ3) is 7.24. The van der Waals surface area contributed by atoms with E-state index >= 15 is 0 Å². The Morgan fingerprint density at radius 1 is 1.15 bits per heavy atom. The van der Waals surface area contributed by atoms with E-state index in [0.29, 0.717) is 29.5 Å². The monoisotopic (exact) mass is 494 g/mol. The van der Waals surface area contributed by atoms with E-state index in [1.54, 1.807) is 18.2 Å². The average Bonchev–Trinajstić information content (AvgIpc) is 3.26. The number of halogens is 4. The highest BCUT2D eigenvalue weighted by Crippen LogP contribution is 2.29. The van der Waals surface area contributed by atoms with Crippen LogP contribution in [0.2, 0.25) is 0 Å². The molecule has 0 saturated carbocycles. The van der Waals surface area contributed by atoms with Crippen molar-refractivity contribution in [3.63, 3.8) is 0 Å². The first-order valence-electron chi connectivity index (χ1n) is 10.9. The van der Waals surface area contributed by atoms with Gasteiger partial charge >= 0.3 is 6.18 Å². The number of nitrogens with zero attached hydrogens (tertiary/aromatic N) is 3. The van der Waals surface area contributed by atoms with Crippen molar-refractivity contribution < 1.29 is 22.4 Å². The molecule has 182 valence electrons.